The summed E-state index contributed by atoms with van der Waals surface area (Å²) in [7, 11) is 0.955. The van der Waals surface area contributed by atoms with Crippen molar-refractivity contribution in [3.63, 3.8) is 0 Å². The minimum absolute atomic E-state index is 1.30. The molecule has 0 aliphatic rings. The number of rotatable bonds is 4. The molecule has 0 fully saturated rings. The first kappa shape index (κ1) is 13.4. The number of aryl methyl sites for hydroxylation is 2. The molecule has 0 radical (unpaired) electrons. The first-order valence-corrected chi connectivity index (χ1v) is 9.78. The highest BCUT2D eigenvalue weighted by molar-refractivity contribution is 6.91. The number of hydrogen-bond donors (Lipinski definition) is 0. The van der Waals surface area contributed by atoms with Gasteiger partial charge in [-0.3, -0.25) is 0 Å². The lowest BCUT2D eigenvalue weighted by atomic mass is 10.2. The van der Waals surface area contributed by atoms with Crippen LogP contribution in [0.15, 0.2) is 24.3 Å². The summed E-state index contributed by atoms with van der Waals surface area (Å²) in [6, 6.07) is 12.9. The van der Waals surface area contributed by atoms with Crippen LogP contribution >= 0.6 is 0 Å². The molecular weight excluding hydrogens is 234 g/mol. The van der Waals surface area contributed by atoms with Crippen LogP contribution in [0, 0.1) is 6.92 Å². The molecule has 0 aliphatic carbocycles. The van der Waals surface area contributed by atoms with Crippen LogP contribution in [0.5, 0.6) is 0 Å². The minimum atomic E-state index is -1.30. The van der Waals surface area contributed by atoms with E-state index in [1.165, 1.54) is 34.6 Å². The van der Waals surface area contributed by atoms with Crippen molar-refractivity contribution >= 4 is 24.3 Å². The van der Waals surface area contributed by atoms with Gasteiger partial charge < -0.3 is 4.57 Å². The molecule has 1 aromatic carbocycles. The van der Waals surface area contributed by atoms with Crippen molar-refractivity contribution in [3.05, 3.63) is 29.8 Å². The van der Waals surface area contributed by atoms with Crippen LogP contribution in [-0.2, 0) is 7.05 Å². The molecule has 98 valence electrons. The molecule has 2 aromatic rings. The van der Waals surface area contributed by atoms with Crippen molar-refractivity contribution in [2.24, 2.45) is 7.05 Å². The highest BCUT2D eigenvalue weighted by Crippen LogP contribution is 2.27. The molecule has 18 heavy (non-hydrogen) atoms. The van der Waals surface area contributed by atoms with E-state index in [0.717, 1.165) is 0 Å². The fourth-order valence-corrected chi connectivity index (χ4v) is 7.86. The molecule has 0 unspecified atom stereocenters. The van der Waals surface area contributed by atoms with Crippen LogP contribution in [0.25, 0.3) is 10.9 Å². The van der Waals surface area contributed by atoms with Gasteiger partial charge in [0.1, 0.15) is 8.07 Å². The summed E-state index contributed by atoms with van der Waals surface area (Å²) in [4.78, 5) is 0. The van der Waals surface area contributed by atoms with Crippen molar-refractivity contribution < 1.29 is 0 Å². The lowest BCUT2D eigenvalue weighted by Gasteiger charge is -2.30. The van der Waals surface area contributed by atoms with Gasteiger partial charge in [0.15, 0.2) is 0 Å². The third kappa shape index (κ3) is 1.74. The van der Waals surface area contributed by atoms with Crippen LogP contribution < -0.4 is 5.32 Å². The van der Waals surface area contributed by atoms with Gasteiger partial charge in [0.05, 0.1) is 0 Å². The van der Waals surface area contributed by atoms with Crippen molar-refractivity contribution in [1.82, 2.24) is 4.57 Å². The third-order valence-electron chi connectivity index (χ3n) is 4.89. The van der Waals surface area contributed by atoms with E-state index in [1.807, 2.05) is 0 Å². The van der Waals surface area contributed by atoms with Crippen LogP contribution in [0.2, 0.25) is 18.1 Å². The Balaban J connectivity index is 2.78. The second-order valence-electron chi connectivity index (χ2n) is 5.39. The quantitative estimate of drug-likeness (QED) is 0.725. The fraction of sp³-hybridized carbons (Fsp3) is 0.500. The van der Waals surface area contributed by atoms with Crippen LogP contribution in [0.1, 0.15) is 26.3 Å². The maximum Gasteiger partial charge on any atom is 0.107 e. The van der Waals surface area contributed by atoms with E-state index in [1.54, 1.807) is 5.32 Å². The topological polar surface area (TPSA) is 4.93 Å². The summed E-state index contributed by atoms with van der Waals surface area (Å²) < 4.78 is 2.48. The zero-order valence-electron chi connectivity index (χ0n) is 12.4. The molecule has 1 nitrogen and oxygen atoms in total. The Morgan fingerprint density at radius 1 is 1.00 bits per heavy atom. The molecule has 1 heterocycles. The van der Waals surface area contributed by atoms with Crippen molar-refractivity contribution in [3.8, 4) is 0 Å². The molecule has 2 rings (SSSR count). The molecule has 0 saturated carbocycles. The molecule has 0 bridgehead atoms. The van der Waals surface area contributed by atoms with Gasteiger partial charge in [-0.1, -0.05) is 57.1 Å². The fourth-order valence-electron chi connectivity index (χ4n) is 3.59. The molecule has 0 atom stereocenters. The van der Waals surface area contributed by atoms with Gasteiger partial charge in [0, 0.05) is 23.3 Å². The van der Waals surface area contributed by atoms with E-state index in [9.17, 15) is 0 Å². The first-order chi connectivity index (χ1) is 8.61. The van der Waals surface area contributed by atoms with Crippen LogP contribution in [0.3, 0.4) is 0 Å². The number of fused-ring (bicyclic) bond motifs is 1. The predicted octanol–water partition coefficient (Wildman–Crippen LogP) is 4.20. The van der Waals surface area contributed by atoms with E-state index in [4.69, 9.17) is 0 Å². The van der Waals surface area contributed by atoms with Crippen molar-refractivity contribution in [2.45, 2.75) is 45.8 Å². The van der Waals surface area contributed by atoms with E-state index in [-0.39, 0.29) is 0 Å². The minimum Gasteiger partial charge on any atom is -0.351 e. The molecule has 0 saturated heterocycles. The number of nitrogens with zero attached hydrogens (tertiary/aromatic N) is 1. The van der Waals surface area contributed by atoms with Crippen molar-refractivity contribution in [2.75, 3.05) is 0 Å². The average Bonchev–Trinajstić information content (AvgIpc) is 2.67. The summed E-state index contributed by atoms with van der Waals surface area (Å²) >= 11 is 0. The number of hydrogen-bond acceptors (Lipinski definition) is 0. The molecule has 0 spiro atoms. The zero-order valence-corrected chi connectivity index (χ0v) is 13.4. The van der Waals surface area contributed by atoms with E-state index >= 15 is 0 Å². The third-order valence-corrected chi connectivity index (χ3v) is 10.7. The molecule has 0 aliphatic heterocycles. The smallest absolute Gasteiger partial charge is 0.107 e. The largest absolute Gasteiger partial charge is 0.351 e. The number of benzene rings is 1. The summed E-state index contributed by atoms with van der Waals surface area (Å²) in [5, 5.41) is 3.12. The van der Waals surface area contributed by atoms with Gasteiger partial charge in [-0.25, -0.2) is 0 Å². The average molecular weight is 259 g/mol. The number of aromatic nitrogens is 1. The Morgan fingerprint density at radius 2 is 1.56 bits per heavy atom. The maximum absolute atomic E-state index is 2.48. The highest BCUT2D eigenvalue weighted by Gasteiger charge is 2.34. The van der Waals surface area contributed by atoms with Crippen LogP contribution in [0.4, 0.5) is 0 Å². The highest BCUT2D eigenvalue weighted by atomic mass is 28.3. The van der Waals surface area contributed by atoms with Crippen LogP contribution in [-0.4, -0.2) is 12.6 Å². The Labute approximate surface area is 112 Å². The summed E-state index contributed by atoms with van der Waals surface area (Å²) in [6.07, 6.45) is 0. The van der Waals surface area contributed by atoms with Gasteiger partial charge in [-0.2, -0.15) is 0 Å². The Kier molecular flexibility index (Phi) is 3.67. The summed E-state index contributed by atoms with van der Waals surface area (Å²) in [5.74, 6) is 0. The van der Waals surface area contributed by atoms with Crippen molar-refractivity contribution in [1.29, 1.82) is 0 Å². The Morgan fingerprint density at radius 3 is 2.06 bits per heavy atom. The first-order valence-electron chi connectivity index (χ1n) is 7.15. The molecule has 0 amide bonds. The van der Waals surface area contributed by atoms with E-state index in [0.29, 0.717) is 0 Å². The monoisotopic (exact) mass is 259 g/mol. The standard InChI is InChI=1S/C16H25NSi/c1-6-18(7-2,8-3)16-13(4)14-11-9-10-12-15(14)17(16)5/h9-12H,6-8H2,1-5H3. The number of para-hydroxylation sites is 1. The lowest BCUT2D eigenvalue weighted by Crippen LogP contribution is -2.50. The lowest BCUT2D eigenvalue weighted by molar-refractivity contribution is 0.979. The van der Waals surface area contributed by atoms with Gasteiger partial charge in [0.25, 0.3) is 0 Å². The Bertz CT molecular complexity index is 502. The second kappa shape index (κ2) is 4.92. The molecular formula is C16H25NSi. The second-order valence-corrected chi connectivity index (χ2v) is 10.5. The van der Waals surface area contributed by atoms with Gasteiger partial charge in [0.2, 0.25) is 0 Å². The summed E-state index contributed by atoms with van der Waals surface area (Å²) in [6.45, 7) is 9.48. The predicted molar refractivity (Wildman–Crippen MR) is 84.5 cm³/mol. The van der Waals surface area contributed by atoms with Gasteiger partial charge in [-0.05, 0) is 18.6 Å². The SMILES string of the molecule is CC[Si](CC)(CC)c1c(C)c2ccccc2n1C. The van der Waals surface area contributed by atoms with E-state index in [2.05, 4.69) is 63.6 Å². The maximum atomic E-state index is 2.48. The zero-order chi connectivity index (χ0) is 13.3. The molecule has 1 aromatic heterocycles. The van der Waals surface area contributed by atoms with E-state index < -0.39 is 8.07 Å². The molecule has 2 heteroatoms. The summed E-state index contributed by atoms with van der Waals surface area (Å²) in [5.41, 5.74) is 2.93. The van der Waals surface area contributed by atoms with Gasteiger partial charge in [-0.15, -0.1) is 0 Å². The normalized spacial score (nSPS) is 12.3. The Hall–Kier alpha value is -1.02. The molecule has 0 N–H and O–H groups in total. The van der Waals surface area contributed by atoms with Gasteiger partial charge >= 0.3 is 0 Å².